The third-order valence-corrected chi connectivity index (χ3v) is 2.43. The maximum absolute atomic E-state index is 10.4. The maximum Gasteiger partial charge on any atom is 0.303 e. The van der Waals surface area contributed by atoms with Crippen LogP contribution < -0.4 is 0 Å². The third kappa shape index (κ3) is 7.82. The lowest BCUT2D eigenvalue weighted by Gasteiger charge is -2.13. The summed E-state index contributed by atoms with van der Waals surface area (Å²) in [4.78, 5) is 10.4. The third-order valence-electron chi connectivity index (χ3n) is 2.43. The Kier molecular flexibility index (Phi) is 7.76. The number of carboxylic acids is 1. The predicted octanol–water partition coefficient (Wildman–Crippen LogP) is 3.46. The van der Waals surface area contributed by atoms with Gasteiger partial charge in [0.2, 0.25) is 0 Å². The summed E-state index contributed by atoms with van der Waals surface area (Å²) in [6.07, 6.45) is 7.23. The van der Waals surface area contributed by atoms with Crippen molar-refractivity contribution in [2.75, 3.05) is 0 Å². The monoisotopic (exact) mass is 186 g/mol. The fraction of sp³-hybridized carbons (Fsp3) is 0.909. The van der Waals surface area contributed by atoms with E-state index in [-0.39, 0.29) is 0 Å². The highest BCUT2D eigenvalue weighted by molar-refractivity contribution is 5.66. The Labute approximate surface area is 81.3 Å². The molecule has 0 aromatic carbocycles. The topological polar surface area (TPSA) is 37.3 Å². The van der Waals surface area contributed by atoms with E-state index < -0.39 is 5.97 Å². The molecule has 0 saturated carbocycles. The molecule has 0 aromatic heterocycles. The van der Waals surface area contributed by atoms with E-state index in [1.807, 2.05) is 0 Å². The largest absolute Gasteiger partial charge is 0.481 e. The van der Waals surface area contributed by atoms with Crippen molar-refractivity contribution >= 4 is 5.97 Å². The minimum Gasteiger partial charge on any atom is -0.481 e. The van der Waals surface area contributed by atoms with Gasteiger partial charge in [-0.2, -0.15) is 0 Å². The molecule has 0 fully saturated rings. The molecule has 0 aliphatic carbocycles. The Bertz CT molecular complexity index is 132. The van der Waals surface area contributed by atoms with Gasteiger partial charge in [0.25, 0.3) is 0 Å². The lowest BCUT2D eigenvalue weighted by molar-refractivity contribution is -0.137. The van der Waals surface area contributed by atoms with Gasteiger partial charge in [-0.15, -0.1) is 0 Å². The first-order valence-electron chi connectivity index (χ1n) is 5.42. The lowest BCUT2D eigenvalue weighted by Crippen LogP contribution is -2.04. The zero-order valence-electron chi connectivity index (χ0n) is 8.88. The molecule has 0 aliphatic heterocycles. The molecule has 0 spiro atoms. The molecule has 0 amide bonds. The minimum absolute atomic E-state index is 0.342. The van der Waals surface area contributed by atoms with E-state index in [0.29, 0.717) is 12.3 Å². The van der Waals surface area contributed by atoms with Crippen LogP contribution in [0.25, 0.3) is 0 Å². The molecule has 1 atom stereocenters. The van der Waals surface area contributed by atoms with E-state index >= 15 is 0 Å². The van der Waals surface area contributed by atoms with Gasteiger partial charge in [-0.1, -0.05) is 46.0 Å². The Morgan fingerprint density at radius 1 is 1.15 bits per heavy atom. The van der Waals surface area contributed by atoms with Crippen LogP contribution in [-0.4, -0.2) is 11.1 Å². The van der Waals surface area contributed by atoms with Crippen LogP contribution in [0.2, 0.25) is 0 Å². The van der Waals surface area contributed by atoms with E-state index in [1.165, 1.54) is 32.1 Å². The highest BCUT2D eigenvalue weighted by atomic mass is 16.4. The average Bonchev–Trinajstić information content (AvgIpc) is 2.09. The molecule has 2 nitrogen and oxygen atoms in total. The Hall–Kier alpha value is -0.530. The Morgan fingerprint density at radius 2 is 1.85 bits per heavy atom. The van der Waals surface area contributed by atoms with E-state index in [2.05, 4.69) is 13.8 Å². The van der Waals surface area contributed by atoms with Crippen LogP contribution in [0.15, 0.2) is 0 Å². The summed E-state index contributed by atoms with van der Waals surface area (Å²) in [5, 5.41) is 8.56. The molecule has 1 N–H and O–H groups in total. The van der Waals surface area contributed by atoms with Crippen molar-refractivity contribution in [2.45, 2.75) is 58.8 Å². The zero-order chi connectivity index (χ0) is 10.1. The number of unbranched alkanes of at least 4 members (excludes halogenated alkanes) is 1. The second kappa shape index (κ2) is 8.09. The number of hydrogen-bond acceptors (Lipinski definition) is 1. The molecule has 0 rings (SSSR count). The molecule has 0 heterocycles. The van der Waals surface area contributed by atoms with Gasteiger partial charge in [-0.05, 0) is 12.3 Å². The van der Waals surface area contributed by atoms with Crippen LogP contribution in [0.4, 0.5) is 0 Å². The van der Waals surface area contributed by atoms with Crippen LogP contribution in [-0.2, 0) is 4.79 Å². The zero-order valence-corrected chi connectivity index (χ0v) is 8.88. The summed E-state index contributed by atoms with van der Waals surface area (Å²) < 4.78 is 0. The first-order chi connectivity index (χ1) is 6.20. The fourth-order valence-corrected chi connectivity index (χ4v) is 1.66. The van der Waals surface area contributed by atoms with Crippen molar-refractivity contribution in [3.63, 3.8) is 0 Å². The van der Waals surface area contributed by atoms with Gasteiger partial charge in [-0.25, -0.2) is 0 Å². The number of hydrogen-bond donors (Lipinski definition) is 1. The van der Waals surface area contributed by atoms with Crippen molar-refractivity contribution in [3.05, 3.63) is 0 Å². The fourth-order valence-electron chi connectivity index (χ4n) is 1.66. The first-order valence-corrected chi connectivity index (χ1v) is 5.42. The molecule has 0 aliphatic rings. The summed E-state index contributed by atoms with van der Waals surface area (Å²) in [6.45, 7) is 4.35. The Balaban J connectivity index is 3.59. The summed E-state index contributed by atoms with van der Waals surface area (Å²) in [7, 11) is 0. The van der Waals surface area contributed by atoms with Gasteiger partial charge in [0.15, 0.2) is 0 Å². The standard InChI is InChI=1S/C11H22O2/c1-3-5-7-10(6-4-2)8-9-11(12)13/h10H,3-9H2,1-2H3,(H,12,13). The SMILES string of the molecule is CCCCC(CCC)CCC(=O)O. The van der Waals surface area contributed by atoms with Crippen LogP contribution in [0.1, 0.15) is 58.8 Å². The summed E-state index contributed by atoms with van der Waals surface area (Å²) in [5.41, 5.74) is 0. The van der Waals surface area contributed by atoms with Crippen LogP contribution in [0.5, 0.6) is 0 Å². The van der Waals surface area contributed by atoms with E-state index in [0.717, 1.165) is 6.42 Å². The highest BCUT2D eigenvalue weighted by Crippen LogP contribution is 2.20. The van der Waals surface area contributed by atoms with Crippen molar-refractivity contribution < 1.29 is 9.90 Å². The summed E-state index contributed by atoms with van der Waals surface area (Å²) in [6, 6.07) is 0. The highest BCUT2D eigenvalue weighted by Gasteiger charge is 2.09. The second-order valence-corrected chi connectivity index (χ2v) is 3.73. The number of rotatable bonds is 8. The molecule has 0 bridgehead atoms. The van der Waals surface area contributed by atoms with Crippen molar-refractivity contribution in [2.24, 2.45) is 5.92 Å². The molecule has 0 saturated heterocycles. The summed E-state index contributed by atoms with van der Waals surface area (Å²) >= 11 is 0. The first kappa shape index (κ1) is 12.5. The van der Waals surface area contributed by atoms with Crippen LogP contribution in [0.3, 0.4) is 0 Å². The predicted molar refractivity (Wildman–Crippen MR) is 54.8 cm³/mol. The molecule has 13 heavy (non-hydrogen) atoms. The minimum atomic E-state index is -0.655. The van der Waals surface area contributed by atoms with E-state index in [1.54, 1.807) is 0 Å². The van der Waals surface area contributed by atoms with Crippen LogP contribution >= 0.6 is 0 Å². The molecular weight excluding hydrogens is 164 g/mol. The lowest BCUT2D eigenvalue weighted by atomic mass is 9.92. The molecular formula is C11H22O2. The van der Waals surface area contributed by atoms with Gasteiger partial charge >= 0.3 is 5.97 Å². The number of aliphatic carboxylic acids is 1. The average molecular weight is 186 g/mol. The van der Waals surface area contributed by atoms with E-state index in [4.69, 9.17) is 5.11 Å². The molecule has 1 unspecified atom stereocenters. The number of carboxylic acid groups (broad SMARTS) is 1. The second-order valence-electron chi connectivity index (χ2n) is 3.73. The smallest absolute Gasteiger partial charge is 0.303 e. The van der Waals surface area contributed by atoms with Crippen molar-refractivity contribution in [1.29, 1.82) is 0 Å². The van der Waals surface area contributed by atoms with Gasteiger partial charge in [0, 0.05) is 6.42 Å². The van der Waals surface area contributed by atoms with Gasteiger partial charge in [0.1, 0.15) is 0 Å². The normalized spacial score (nSPS) is 12.8. The Morgan fingerprint density at radius 3 is 2.31 bits per heavy atom. The van der Waals surface area contributed by atoms with E-state index in [9.17, 15) is 4.79 Å². The molecule has 2 heteroatoms. The number of carbonyl (C=O) groups is 1. The van der Waals surface area contributed by atoms with Crippen LogP contribution in [0, 0.1) is 5.92 Å². The van der Waals surface area contributed by atoms with Gasteiger partial charge in [-0.3, -0.25) is 4.79 Å². The quantitative estimate of drug-likeness (QED) is 0.630. The molecule has 78 valence electrons. The van der Waals surface area contributed by atoms with Crippen molar-refractivity contribution in [1.82, 2.24) is 0 Å². The molecule has 0 radical (unpaired) electrons. The maximum atomic E-state index is 10.4. The molecule has 0 aromatic rings. The summed E-state index contributed by atoms with van der Waals surface area (Å²) in [5.74, 6) is -0.0151. The van der Waals surface area contributed by atoms with Gasteiger partial charge < -0.3 is 5.11 Å². The van der Waals surface area contributed by atoms with Crippen molar-refractivity contribution in [3.8, 4) is 0 Å². The van der Waals surface area contributed by atoms with Gasteiger partial charge in [0.05, 0.1) is 0 Å².